The molecular formula is C11H20N4O. The van der Waals surface area contributed by atoms with Gasteiger partial charge in [-0.15, -0.1) is 0 Å². The molecule has 0 aromatic carbocycles. The van der Waals surface area contributed by atoms with Crippen LogP contribution in [-0.2, 0) is 18.3 Å². The van der Waals surface area contributed by atoms with Crippen molar-refractivity contribution in [3.63, 3.8) is 0 Å². The van der Waals surface area contributed by atoms with E-state index in [1.807, 2.05) is 33.2 Å². The first-order valence-electron chi connectivity index (χ1n) is 5.52. The van der Waals surface area contributed by atoms with Crippen molar-refractivity contribution in [2.75, 3.05) is 6.54 Å². The SMILES string of the molecule is CC(C)[C@@H](N)C(=O)NCCc1ccn(C)n1. The lowest BCUT2D eigenvalue weighted by Gasteiger charge is -2.14. The average molecular weight is 224 g/mol. The van der Waals surface area contributed by atoms with Gasteiger partial charge in [0.1, 0.15) is 0 Å². The molecule has 0 bridgehead atoms. The fourth-order valence-corrected chi connectivity index (χ4v) is 1.33. The Morgan fingerprint density at radius 2 is 2.31 bits per heavy atom. The Balaban J connectivity index is 2.28. The van der Waals surface area contributed by atoms with Gasteiger partial charge in [0.05, 0.1) is 11.7 Å². The topological polar surface area (TPSA) is 72.9 Å². The Kier molecular flexibility index (Phi) is 4.49. The highest BCUT2D eigenvalue weighted by Crippen LogP contribution is 1.98. The van der Waals surface area contributed by atoms with Gasteiger partial charge in [-0.05, 0) is 12.0 Å². The van der Waals surface area contributed by atoms with E-state index in [4.69, 9.17) is 5.73 Å². The maximum atomic E-state index is 11.5. The highest BCUT2D eigenvalue weighted by atomic mass is 16.2. The normalized spacial score (nSPS) is 12.8. The summed E-state index contributed by atoms with van der Waals surface area (Å²) in [5.74, 6) is 0.0702. The highest BCUT2D eigenvalue weighted by molar-refractivity contribution is 5.81. The first-order valence-corrected chi connectivity index (χ1v) is 5.52. The van der Waals surface area contributed by atoms with Crippen LogP contribution in [0.2, 0.25) is 0 Å². The van der Waals surface area contributed by atoms with E-state index in [9.17, 15) is 4.79 Å². The minimum absolute atomic E-state index is 0.0917. The van der Waals surface area contributed by atoms with Crippen molar-refractivity contribution in [1.29, 1.82) is 0 Å². The Hall–Kier alpha value is -1.36. The molecule has 0 aliphatic carbocycles. The molecule has 1 rings (SSSR count). The van der Waals surface area contributed by atoms with Gasteiger partial charge in [-0.25, -0.2) is 0 Å². The lowest BCUT2D eigenvalue weighted by atomic mass is 10.1. The first kappa shape index (κ1) is 12.7. The third-order valence-corrected chi connectivity index (χ3v) is 2.47. The second-order valence-electron chi connectivity index (χ2n) is 4.29. The monoisotopic (exact) mass is 224 g/mol. The Bertz CT molecular complexity index is 346. The molecule has 0 saturated heterocycles. The van der Waals surface area contributed by atoms with Crippen LogP contribution in [0.1, 0.15) is 19.5 Å². The summed E-state index contributed by atoms with van der Waals surface area (Å²) in [7, 11) is 1.87. The van der Waals surface area contributed by atoms with E-state index in [1.165, 1.54) is 0 Å². The molecule has 5 nitrogen and oxygen atoms in total. The molecule has 0 fully saturated rings. The maximum Gasteiger partial charge on any atom is 0.237 e. The summed E-state index contributed by atoms with van der Waals surface area (Å²) in [4.78, 5) is 11.5. The molecule has 0 radical (unpaired) electrons. The number of aryl methyl sites for hydroxylation is 1. The molecule has 3 N–H and O–H groups in total. The molecular weight excluding hydrogens is 204 g/mol. The van der Waals surface area contributed by atoms with E-state index in [1.54, 1.807) is 4.68 Å². The molecule has 0 aliphatic rings. The Morgan fingerprint density at radius 3 is 2.81 bits per heavy atom. The second-order valence-corrected chi connectivity index (χ2v) is 4.29. The quantitative estimate of drug-likeness (QED) is 0.743. The van der Waals surface area contributed by atoms with Crippen LogP contribution in [0.5, 0.6) is 0 Å². The summed E-state index contributed by atoms with van der Waals surface area (Å²) in [6, 6.07) is 1.51. The smallest absolute Gasteiger partial charge is 0.237 e. The predicted octanol–water partition coefficient (Wildman–Crippen LogP) is 0.0621. The van der Waals surface area contributed by atoms with E-state index in [-0.39, 0.29) is 11.8 Å². The van der Waals surface area contributed by atoms with Crippen LogP contribution >= 0.6 is 0 Å². The number of amides is 1. The summed E-state index contributed by atoms with van der Waals surface area (Å²) < 4.78 is 1.75. The molecule has 16 heavy (non-hydrogen) atoms. The van der Waals surface area contributed by atoms with Gasteiger partial charge in [0.15, 0.2) is 0 Å². The van der Waals surface area contributed by atoms with Crippen molar-refractivity contribution >= 4 is 5.91 Å². The zero-order chi connectivity index (χ0) is 12.1. The molecule has 1 heterocycles. The molecule has 1 aromatic rings. The first-order chi connectivity index (χ1) is 7.50. The number of nitrogens with one attached hydrogen (secondary N) is 1. The van der Waals surface area contributed by atoms with Crippen LogP contribution in [0.15, 0.2) is 12.3 Å². The van der Waals surface area contributed by atoms with Crippen molar-refractivity contribution in [3.05, 3.63) is 18.0 Å². The molecule has 1 amide bonds. The predicted molar refractivity (Wildman–Crippen MR) is 62.7 cm³/mol. The van der Waals surface area contributed by atoms with Crippen LogP contribution in [-0.4, -0.2) is 28.3 Å². The van der Waals surface area contributed by atoms with E-state index in [2.05, 4.69) is 10.4 Å². The fraction of sp³-hybridized carbons (Fsp3) is 0.636. The van der Waals surface area contributed by atoms with Crippen LogP contribution in [0.4, 0.5) is 0 Å². The van der Waals surface area contributed by atoms with Crippen molar-refractivity contribution < 1.29 is 4.79 Å². The number of hydrogen-bond donors (Lipinski definition) is 2. The second kappa shape index (κ2) is 5.65. The zero-order valence-electron chi connectivity index (χ0n) is 10.1. The van der Waals surface area contributed by atoms with Gasteiger partial charge < -0.3 is 11.1 Å². The molecule has 0 aliphatic heterocycles. The third-order valence-electron chi connectivity index (χ3n) is 2.47. The van der Waals surface area contributed by atoms with Crippen molar-refractivity contribution in [2.45, 2.75) is 26.3 Å². The van der Waals surface area contributed by atoms with Crippen molar-refractivity contribution in [2.24, 2.45) is 18.7 Å². The summed E-state index contributed by atoms with van der Waals surface area (Å²) >= 11 is 0. The number of carbonyl (C=O) groups is 1. The summed E-state index contributed by atoms with van der Waals surface area (Å²) in [6.45, 7) is 4.45. The lowest BCUT2D eigenvalue weighted by molar-refractivity contribution is -0.123. The number of rotatable bonds is 5. The van der Waals surface area contributed by atoms with Gasteiger partial charge in [-0.3, -0.25) is 9.48 Å². The van der Waals surface area contributed by atoms with Crippen LogP contribution in [0, 0.1) is 5.92 Å². The summed E-state index contributed by atoms with van der Waals surface area (Å²) in [5.41, 5.74) is 6.68. The molecule has 0 spiro atoms. The fourth-order valence-electron chi connectivity index (χ4n) is 1.33. The third kappa shape index (κ3) is 3.66. The van der Waals surface area contributed by atoms with Gasteiger partial charge in [0.25, 0.3) is 0 Å². The average Bonchev–Trinajstić information content (AvgIpc) is 2.62. The zero-order valence-corrected chi connectivity index (χ0v) is 10.1. The number of carbonyl (C=O) groups excluding carboxylic acids is 1. The van der Waals surface area contributed by atoms with E-state index < -0.39 is 6.04 Å². The lowest BCUT2D eigenvalue weighted by Crippen LogP contribution is -2.44. The van der Waals surface area contributed by atoms with Gasteiger partial charge in [-0.1, -0.05) is 13.8 Å². The maximum absolute atomic E-state index is 11.5. The largest absolute Gasteiger partial charge is 0.354 e. The number of nitrogens with zero attached hydrogens (tertiary/aromatic N) is 2. The highest BCUT2D eigenvalue weighted by Gasteiger charge is 2.16. The van der Waals surface area contributed by atoms with Gasteiger partial charge in [-0.2, -0.15) is 5.10 Å². The minimum atomic E-state index is -0.427. The van der Waals surface area contributed by atoms with Crippen molar-refractivity contribution in [3.8, 4) is 0 Å². The number of nitrogens with two attached hydrogens (primary N) is 1. The summed E-state index contributed by atoms with van der Waals surface area (Å²) in [5, 5.41) is 7.03. The molecule has 1 aromatic heterocycles. The van der Waals surface area contributed by atoms with Gasteiger partial charge in [0, 0.05) is 26.2 Å². The molecule has 1 atom stereocenters. The van der Waals surface area contributed by atoms with E-state index in [0.717, 1.165) is 12.1 Å². The van der Waals surface area contributed by atoms with Crippen LogP contribution < -0.4 is 11.1 Å². The van der Waals surface area contributed by atoms with Gasteiger partial charge in [0.2, 0.25) is 5.91 Å². The number of hydrogen-bond acceptors (Lipinski definition) is 3. The molecule has 90 valence electrons. The van der Waals surface area contributed by atoms with E-state index in [0.29, 0.717) is 6.54 Å². The molecule has 0 unspecified atom stereocenters. The summed E-state index contributed by atoms with van der Waals surface area (Å²) in [6.07, 6.45) is 2.62. The number of aromatic nitrogens is 2. The van der Waals surface area contributed by atoms with Crippen LogP contribution in [0.3, 0.4) is 0 Å². The molecule has 5 heteroatoms. The van der Waals surface area contributed by atoms with Gasteiger partial charge >= 0.3 is 0 Å². The molecule has 0 saturated carbocycles. The Morgan fingerprint density at radius 1 is 1.62 bits per heavy atom. The Labute approximate surface area is 96.0 Å². The standard InChI is InChI=1S/C11H20N4O/c1-8(2)10(12)11(16)13-6-4-9-5-7-15(3)14-9/h5,7-8,10H,4,6,12H2,1-3H3,(H,13,16)/t10-/m1/s1. The van der Waals surface area contributed by atoms with Crippen LogP contribution in [0.25, 0.3) is 0 Å². The minimum Gasteiger partial charge on any atom is -0.354 e. The van der Waals surface area contributed by atoms with Crippen molar-refractivity contribution in [1.82, 2.24) is 15.1 Å². The van der Waals surface area contributed by atoms with E-state index >= 15 is 0 Å².